The smallest absolute Gasteiger partial charge is 0.267 e. The van der Waals surface area contributed by atoms with Crippen LogP contribution < -0.4 is 14.2 Å². The van der Waals surface area contributed by atoms with E-state index in [2.05, 4.69) is 10.2 Å². The highest BCUT2D eigenvalue weighted by molar-refractivity contribution is 7.14. The van der Waals surface area contributed by atoms with Gasteiger partial charge in [0.2, 0.25) is 6.10 Å². The molecule has 0 saturated carbocycles. The second kappa shape index (κ2) is 8.78. The Hall–Kier alpha value is -3.13. The van der Waals surface area contributed by atoms with Crippen molar-refractivity contribution in [3.8, 4) is 27.8 Å². The molecular formula is C24H25N3O4S. The van der Waals surface area contributed by atoms with Gasteiger partial charge in [0, 0.05) is 19.0 Å². The van der Waals surface area contributed by atoms with Crippen LogP contribution in [0.2, 0.25) is 0 Å². The average Bonchev–Trinajstić information content (AvgIpc) is 3.33. The van der Waals surface area contributed by atoms with Gasteiger partial charge in [-0.3, -0.25) is 4.79 Å². The topological polar surface area (TPSA) is 73.8 Å². The number of ether oxygens (including phenoxy) is 3. The van der Waals surface area contributed by atoms with Crippen LogP contribution in [-0.2, 0) is 4.79 Å². The number of carbonyl (C=O) groups is 1. The number of fused-ring (bicyclic) bond motifs is 1. The summed E-state index contributed by atoms with van der Waals surface area (Å²) in [5.74, 6) is 2.38. The number of nitrogens with zero attached hydrogens (tertiary/aromatic N) is 3. The van der Waals surface area contributed by atoms with Gasteiger partial charge in [-0.25, -0.2) is 0 Å². The lowest BCUT2D eigenvalue weighted by Gasteiger charge is -2.37. The monoisotopic (exact) mass is 451 g/mol. The van der Waals surface area contributed by atoms with Crippen molar-refractivity contribution in [3.05, 3.63) is 53.5 Å². The first-order valence-electron chi connectivity index (χ1n) is 10.8. The van der Waals surface area contributed by atoms with E-state index in [1.807, 2.05) is 60.4 Å². The van der Waals surface area contributed by atoms with Gasteiger partial charge >= 0.3 is 0 Å². The van der Waals surface area contributed by atoms with Crippen LogP contribution >= 0.6 is 11.3 Å². The van der Waals surface area contributed by atoms with Gasteiger partial charge in [0.15, 0.2) is 16.5 Å². The van der Waals surface area contributed by atoms with E-state index in [1.54, 1.807) is 18.4 Å². The first kappa shape index (κ1) is 20.8. The minimum atomic E-state index is -0.625. The molecule has 7 nitrogen and oxygen atoms in total. The summed E-state index contributed by atoms with van der Waals surface area (Å²) in [4.78, 5) is 15.0. The highest BCUT2D eigenvalue weighted by atomic mass is 32.1. The molecule has 1 saturated heterocycles. The first-order valence-corrected chi connectivity index (χ1v) is 11.6. The molecule has 2 atom stereocenters. The largest absolute Gasteiger partial charge is 0.496 e. The Balaban J connectivity index is 1.23. The fraction of sp³-hybridized carbons (Fsp3) is 0.375. The highest BCUT2D eigenvalue weighted by Crippen LogP contribution is 2.38. The van der Waals surface area contributed by atoms with Crippen molar-refractivity contribution < 1.29 is 19.0 Å². The van der Waals surface area contributed by atoms with Gasteiger partial charge in [-0.05, 0) is 44.0 Å². The van der Waals surface area contributed by atoms with Crippen molar-refractivity contribution in [1.29, 1.82) is 0 Å². The fourth-order valence-corrected chi connectivity index (χ4v) is 5.29. The second-order valence-electron chi connectivity index (χ2n) is 8.05. The molecule has 0 bridgehead atoms. The van der Waals surface area contributed by atoms with Gasteiger partial charge in [0.05, 0.1) is 12.7 Å². The SMILES string of the molecule is COc1ccccc1-c1nnc(C2CCN(C(=O)C3Oc4ccccc4OC3C)CC2)s1. The molecule has 0 N–H and O–H groups in total. The molecule has 166 valence electrons. The molecule has 0 aliphatic carbocycles. The lowest BCUT2D eigenvalue weighted by molar-refractivity contribution is -0.145. The maximum Gasteiger partial charge on any atom is 0.267 e. The molecule has 2 aromatic carbocycles. The predicted molar refractivity (Wildman–Crippen MR) is 121 cm³/mol. The quantitative estimate of drug-likeness (QED) is 0.593. The molecule has 3 heterocycles. The standard InChI is InChI=1S/C24H25N3O4S/c1-15-21(31-20-10-6-5-9-19(20)30-15)24(28)27-13-11-16(12-14-27)22-25-26-23(32-22)17-7-3-4-8-18(17)29-2/h3-10,15-16,21H,11-14H2,1-2H3. The number of aromatic nitrogens is 2. The van der Waals surface area contributed by atoms with E-state index in [0.717, 1.165) is 34.2 Å². The number of hydrogen-bond donors (Lipinski definition) is 0. The summed E-state index contributed by atoms with van der Waals surface area (Å²) in [5.41, 5.74) is 0.954. The number of piperidine rings is 1. The van der Waals surface area contributed by atoms with Crippen LogP contribution in [0.5, 0.6) is 17.2 Å². The molecule has 32 heavy (non-hydrogen) atoms. The molecule has 1 fully saturated rings. The van der Waals surface area contributed by atoms with Crippen molar-refractivity contribution in [2.24, 2.45) is 0 Å². The van der Waals surface area contributed by atoms with Crippen LogP contribution in [0, 0.1) is 0 Å². The van der Waals surface area contributed by atoms with E-state index in [9.17, 15) is 4.79 Å². The summed E-state index contributed by atoms with van der Waals surface area (Å²) in [6.07, 6.45) is 0.747. The molecule has 1 amide bonds. The van der Waals surface area contributed by atoms with Crippen molar-refractivity contribution in [2.75, 3.05) is 20.2 Å². The van der Waals surface area contributed by atoms with Crippen LogP contribution in [0.15, 0.2) is 48.5 Å². The third kappa shape index (κ3) is 3.90. The maximum atomic E-state index is 13.2. The van der Waals surface area contributed by atoms with Crippen LogP contribution in [-0.4, -0.2) is 53.4 Å². The number of benzene rings is 2. The summed E-state index contributed by atoms with van der Waals surface area (Å²) in [7, 11) is 1.66. The van der Waals surface area contributed by atoms with E-state index < -0.39 is 6.10 Å². The lowest BCUT2D eigenvalue weighted by Crippen LogP contribution is -2.52. The van der Waals surface area contributed by atoms with Crippen molar-refractivity contribution in [2.45, 2.75) is 37.9 Å². The van der Waals surface area contributed by atoms with Gasteiger partial charge in [-0.2, -0.15) is 0 Å². The van der Waals surface area contributed by atoms with Gasteiger partial charge in [-0.15, -0.1) is 10.2 Å². The number of likely N-dealkylation sites (tertiary alicyclic amines) is 1. The Morgan fingerprint density at radius 2 is 1.72 bits per heavy atom. The Bertz CT molecular complexity index is 1110. The molecule has 1 aromatic heterocycles. The zero-order chi connectivity index (χ0) is 22.1. The van der Waals surface area contributed by atoms with E-state index in [4.69, 9.17) is 14.2 Å². The summed E-state index contributed by atoms with van der Waals surface area (Å²) in [6, 6.07) is 15.3. The summed E-state index contributed by atoms with van der Waals surface area (Å²) >= 11 is 1.60. The van der Waals surface area contributed by atoms with Gasteiger partial charge in [-0.1, -0.05) is 35.6 Å². The van der Waals surface area contributed by atoms with E-state index in [0.29, 0.717) is 30.5 Å². The van der Waals surface area contributed by atoms with Crippen LogP contribution in [0.25, 0.3) is 10.6 Å². The third-order valence-electron chi connectivity index (χ3n) is 6.02. The zero-order valence-electron chi connectivity index (χ0n) is 18.1. The molecule has 2 aliphatic rings. The van der Waals surface area contributed by atoms with Crippen LogP contribution in [0.3, 0.4) is 0 Å². The van der Waals surface area contributed by atoms with Gasteiger partial charge in [0.25, 0.3) is 5.91 Å². The Kier molecular flexibility index (Phi) is 5.70. The normalized spacial score (nSPS) is 20.8. The van der Waals surface area contributed by atoms with E-state index in [-0.39, 0.29) is 12.0 Å². The first-order chi connectivity index (χ1) is 15.6. The number of amides is 1. The number of para-hydroxylation sites is 3. The number of carbonyl (C=O) groups excluding carboxylic acids is 1. The average molecular weight is 452 g/mol. The van der Waals surface area contributed by atoms with Crippen LogP contribution in [0.4, 0.5) is 0 Å². The number of hydrogen-bond acceptors (Lipinski definition) is 7. The Morgan fingerprint density at radius 1 is 1.03 bits per heavy atom. The fourth-order valence-electron chi connectivity index (χ4n) is 4.25. The summed E-state index contributed by atoms with van der Waals surface area (Å²) < 4.78 is 17.4. The predicted octanol–water partition coefficient (Wildman–Crippen LogP) is 4.15. The Morgan fingerprint density at radius 3 is 2.47 bits per heavy atom. The Labute approximate surface area is 190 Å². The third-order valence-corrected chi connectivity index (χ3v) is 7.14. The maximum absolute atomic E-state index is 13.2. The van der Waals surface area contributed by atoms with Crippen molar-refractivity contribution in [1.82, 2.24) is 15.1 Å². The second-order valence-corrected chi connectivity index (χ2v) is 9.06. The number of methoxy groups -OCH3 is 1. The van der Waals surface area contributed by atoms with Crippen LogP contribution in [0.1, 0.15) is 30.7 Å². The molecule has 5 rings (SSSR count). The van der Waals surface area contributed by atoms with Gasteiger partial charge in [0.1, 0.15) is 16.9 Å². The van der Waals surface area contributed by atoms with Crippen molar-refractivity contribution in [3.63, 3.8) is 0 Å². The molecule has 3 aromatic rings. The molecular weight excluding hydrogens is 426 g/mol. The van der Waals surface area contributed by atoms with E-state index in [1.165, 1.54) is 0 Å². The van der Waals surface area contributed by atoms with Gasteiger partial charge < -0.3 is 19.1 Å². The number of rotatable bonds is 4. The van der Waals surface area contributed by atoms with Crippen molar-refractivity contribution >= 4 is 17.2 Å². The summed E-state index contributed by atoms with van der Waals surface area (Å²) in [6.45, 7) is 3.22. The summed E-state index contributed by atoms with van der Waals surface area (Å²) in [5, 5.41) is 10.7. The minimum Gasteiger partial charge on any atom is -0.496 e. The molecule has 8 heteroatoms. The molecule has 2 unspecified atom stereocenters. The van der Waals surface area contributed by atoms with E-state index >= 15 is 0 Å². The zero-order valence-corrected chi connectivity index (χ0v) is 18.9. The minimum absolute atomic E-state index is 0.0163. The highest BCUT2D eigenvalue weighted by Gasteiger charge is 2.38. The molecule has 0 radical (unpaired) electrons. The molecule has 2 aliphatic heterocycles. The lowest BCUT2D eigenvalue weighted by atomic mass is 9.97. The molecule has 0 spiro atoms.